The SMILES string of the molecule is CCc1c(NN)ncnc1Nc1cc(C)ccc1F. The summed E-state index contributed by atoms with van der Waals surface area (Å²) in [5.74, 6) is 6.16. The summed E-state index contributed by atoms with van der Waals surface area (Å²) >= 11 is 0. The Morgan fingerprint density at radius 3 is 2.68 bits per heavy atom. The minimum Gasteiger partial charge on any atom is -0.337 e. The van der Waals surface area contributed by atoms with E-state index in [1.807, 2.05) is 13.8 Å². The lowest BCUT2D eigenvalue weighted by Crippen LogP contribution is -2.13. The lowest BCUT2D eigenvalue weighted by Gasteiger charge is -2.13. The van der Waals surface area contributed by atoms with Gasteiger partial charge in [-0.25, -0.2) is 20.2 Å². The molecule has 0 radical (unpaired) electrons. The molecule has 0 aliphatic heterocycles. The van der Waals surface area contributed by atoms with Crippen LogP contribution in [0.1, 0.15) is 18.1 Å². The first-order chi connectivity index (χ1) is 9.15. The number of aromatic nitrogens is 2. The molecule has 5 nitrogen and oxygen atoms in total. The summed E-state index contributed by atoms with van der Waals surface area (Å²) in [5.41, 5.74) is 4.68. The highest BCUT2D eigenvalue weighted by Gasteiger charge is 2.11. The molecule has 0 atom stereocenters. The number of nitrogens with zero attached hydrogens (tertiary/aromatic N) is 2. The van der Waals surface area contributed by atoms with E-state index in [0.717, 1.165) is 11.1 Å². The van der Waals surface area contributed by atoms with Crippen molar-refractivity contribution in [2.24, 2.45) is 5.84 Å². The highest BCUT2D eigenvalue weighted by atomic mass is 19.1. The van der Waals surface area contributed by atoms with Crippen LogP contribution in [0.2, 0.25) is 0 Å². The van der Waals surface area contributed by atoms with Gasteiger partial charge in [0.05, 0.1) is 5.69 Å². The third kappa shape index (κ3) is 2.79. The summed E-state index contributed by atoms with van der Waals surface area (Å²) in [6.07, 6.45) is 2.06. The van der Waals surface area contributed by atoms with Crippen molar-refractivity contribution in [3.05, 3.63) is 41.5 Å². The van der Waals surface area contributed by atoms with E-state index < -0.39 is 0 Å². The molecular weight excluding hydrogens is 245 g/mol. The van der Waals surface area contributed by atoms with E-state index in [9.17, 15) is 4.39 Å². The molecule has 100 valence electrons. The van der Waals surface area contributed by atoms with Gasteiger partial charge in [0.2, 0.25) is 0 Å². The average Bonchev–Trinajstić information content (AvgIpc) is 2.42. The molecule has 1 heterocycles. The van der Waals surface area contributed by atoms with Crippen LogP contribution in [0.3, 0.4) is 0 Å². The Balaban J connectivity index is 2.40. The van der Waals surface area contributed by atoms with Crippen molar-refractivity contribution in [3.63, 3.8) is 0 Å². The normalized spacial score (nSPS) is 10.3. The van der Waals surface area contributed by atoms with E-state index >= 15 is 0 Å². The fourth-order valence-electron chi connectivity index (χ4n) is 1.84. The van der Waals surface area contributed by atoms with Crippen LogP contribution in [0.5, 0.6) is 0 Å². The number of aryl methyl sites for hydroxylation is 1. The van der Waals surface area contributed by atoms with Gasteiger partial charge in [0.25, 0.3) is 0 Å². The van der Waals surface area contributed by atoms with E-state index in [0.29, 0.717) is 23.7 Å². The molecule has 6 heteroatoms. The Morgan fingerprint density at radius 1 is 1.26 bits per heavy atom. The maximum Gasteiger partial charge on any atom is 0.148 e. The monoisotopic (exact) mass is 261 g/mol. The van der Waals surface area contributed by atoms with Crippen molar-refractivity contribution in [3.8, 4) is 0 Å². The third-order valence-corrected chi connectivity index (χ3v) is 2.81. The van der Waals surface area contributed by atoms with Crippen LogP contribution in [0.15, 0.2) is 24.5 Å². The number of hydrogen-bond donors (Lipinski definition) is 3. The summed E-state index contributed by atoms with van der Waals surface area (Å²) in [6, 6.07) is 4.87. The zero-order valence-corrected chi connectivity index (χ0v) is 10.9. The second-order valence-electron chi connectivity index (χ2n) is 4.16. The van der Waals surface area contributed by atoms with Gasteiger partial charge in [0.15, 0.2) is 0 Å². The van der Waals surface area contributed by atoms with Gasteiger partial charge in [0, 0.05) is 5.56 Å². The van der Waals surface area contributed by atoms with Crippen LogP contribution in [-0.2, 0) is 6.42 Å². The Morgan fingerprint density at radius 2 is 2.00 bits per heavy atom. The molecule has 0 bridgehead atoms. The molecule has 19 heavy (non-hydrogen) atoms. The summed E-state index contributed by atoms with van der Waals surface area (Å²) in [5, 5.41) is 2.99. The molecule has 4 N–H and O–H groups in total. The topological polar surface area (TPSA) is 75.9 Å². The minimum atomic E-state index is -0.325. The Labute approximate surface area is 111 Å². The number of benzene rings is 1. The fourth-order valence-corrected chi connectivity index (χ4v) is 1.84. The fraction of sp³-hybridized carbons (Fsp3) is 0.231. The van der Waals surface area contributed by atoms with Gasteiger partial charge >= 0.3 is 0 Å². The van der Waals surface area contributed by atoms with Crippen molar-refractivity contribution < 1.29 is 4.39 Å². The number of hydrogen-bond acceptors (Lipinski definition) is 5. The van der Waals surface area contributed by atoms with Gasteiger partial charge in [-0.3, -0.25) is 0 Å². The van der Waals surface area contributed by atoms with Gasteiger partial charge in [0.1, 0.15) is 23.8 Å². The van der Waals surface area contributed by atoms with E-state index in [-0.39, 0.29) is 5.82 Å². The molecule has 0 aliphatic carbocycles. The molecule has 0 aliphatic rings. The van der Waals surface area contributed by atoms with E-state index in [1.165, 1.54) is 12.4 Å². The molecule has 0 fully saturated rings. The predicted octanol–water partition coefficient (Wildman–Crippen LogP) is 2.52. The lowest BCUT2D eigenvalue weighted by molar-refractivity contribution is 0.631. The highest BCUT2D eigenvalue weighted by Crippen LogP contribution is 2.25. The second kappa shape index (κ2) is 5.62. The zero-order valence-electron chi connectivity index (χ0n) is 10.9. The van der Waals surface area contributed by atoms with Gasteiger partial charge in [-0.15, -0.1) is 0 Å². The molecular formula is C13H16FN5. The van der Waals surface area contributed by atoms with Crippen LogP contribution < -0.4 is 16.6 Å². The number of nitrogens with two attached hydrogens (primary N) is 1. The number of nitrogens with one attached hydrogen (secondary N) is 2. The van der Waals surface area contributed by atoms with Crippen molar-refractivity contribution in [1.29, 1.82) is 0 Å². The molecule has 0 spiro atoms. The third-order valence-electron chi connectivity index (χ3n) is 2.81. The van der Waals surface area contributed by atoms with Crippen molar-refractivity contribution >= 4 is 17.3 Å². The van der Waals surface area contributed by atoms with E-state index in [1.54, 1.807) is 12.1 Å². The van der Waals surface area contributed by atoms with Crippen LogP contribution in [-0.4, -0.2) is 9.97 Å². The van der Waals surface area contributed by atoms with E-state index in [2.05, 4.69) is 20.7 Å². The maximum absolute atomic E-state index is 13.7. The number of halogens is 1. The van der Waals surface area contributed by atoms with Crippen LogP contribution >= 0.6 is 0 Å². The Kier molecular flexibility index (Phi) is 3.91. The molecule has 2 aromatic rings. The maximum atomic E-state index is 13.7. The number of anilines is 3. The minimum absolute atomic E-state index is 0.325. The van der Waals surface area contributed by atoms with Crippen LogP contribution in [0.4, 0.5) is 21.7 Å². The summed E-state index contributed by atoms with van der Waals surface area (Å²) in [6.45, 7) is 3.86. The van der Waals surface area contributed by atoms with Crippen molar-refractivity contribution in [2.75, 3.05) is 10.7 Å². The smallest absolute Gasteiger partial charge is 0.148 e. The number of nitrogen functional groups attached to an aromatic ring is 1. The van der Waals surface area contributed by atoms with E-state index in [4.69, 9.17) is 5.84 Å². The summed E-state index contributed by atoms with van der Waals surface area (Å²) in [7, 11) is 0. The van der Waals surface area contributed by atoms with Crippen LogP contribution in [0, 0.1) is 12.7 Å². The molecule has 0 saturated carbocycles. The molecule has 0 saturated heterocycles. The summed E-state index contributed by atoms with van der Waals surface area (Å²) in [4.78, 5) is 8.17. The van der Waals surface area contributed by atoms with Gasteiger partial charge < -0.3 is 10.7 Å². The second-order valence-corrected chi connectivity index (χ2v) is 4.16. The van der Waals surface area contributed by atoms with Crippen LogP contribution in [0.25, 0.3) is 0 Å². The Bertz CT molecular complexity index is 585. The number of hydrazine groups is 1. The average molecular weight is 261 g/mol. The molecule has 2 rings (SSSR count). The summed E-state index contributed by atoms with van der Waals surface area (Å²) < 4.78 is 13.7. The first kappa shape index (κ1) is 13.2. The predicted molar refractivity (Wildman–Crippen MR) is 73.6 cm³/mol. The first-order valence-corrected chi connectivity index (χ1v) is 5.99. The molecule has 0 unspecified atom stereocenters. The molecule has 1 aromatic heterocycles. The quantitative estimate of drug-likeness (QED) is 0.582. The lowest BCUT2D eigenvalue weighted by atomic mass is 10.2. The van der Waals surface area contributed by atoms with Gasteiger partial charge in [-0.2, -0.15) is 0 Å². The Hall–Kier alpha value is -2.21. The first-order valence-electron chi connectivity index (χ1n) is 5.99. The van der Waals surface area contributed by atoms with Crippen molar-refractivity contribution in [1.82, 2.24) is 9.97 Å². The largest absolute Gasteiger partial charge is 0.337 e. The number of rotatable bonds is 4. The highest BCUT2D eigenvalue weighted by molar-refractivity contribution is 5.65. The standard InChI is InChI=1S/C13H16FN5/c1-3-9-12(16-7-17-13(9)19-15)18-11-6-8(2)4-5-10(11)14/h4-7H,3,15H2,1-2H3,(H2,16,17,18,19). The van der Waals surface area contributed by atoms with Crippen molar-refractivity contribution in [2.45, 2.75) is 20.3 Å². The zero-order chi connectivity index (χ0) is 13.8. The van der Waals surface area contributed by atoms with Gasteiger partial charge in [-0.05, 0) is 31.0 Å². The molecule has 1 aromatic carbocycles. The van der Waals surface area contributed by atoms with Gasteiger partial charge in [-0.1, -0.05) is 13.0 Å². The molecule has 0 amide bonds.